The molecule has 0 saturated heterocycles. The van der Waals surface area contributed by atoms with Gasteiger partial charge in [0.2, 0.25) is 0 Å². The van der Waals surface area contributed by atoms with E-state index < -0.39 is 5.60 Å². The van der Waals surface area contributed by atoms with Gasteiger partial charge >= 0.3 is 6.09 Å². The molecule has 1 rings (SSSR count). The molecular formula is C14H19BrFNO2. The van der Waals surface area contributed by atoms with Crippen LogP contribution in [0.3, 0.4) is 0 Å². The van der Waals surface area contributed by atoms with Gasteiger partial charge in [0.25, 0.3) is 0 Å². The zero-order valence-corrected chi connectivity index (χ0v) is 13.3. The van der Waals surface area contributed by atoms with Crippen LogP contribution in [0.4, 0.5) is 9.18 Å². The van der Waals surface area contributed by atoms with E-state index in [9.17, 15) is 9.18 Å². The summed E-state index contributed by atoms with van der Waals surface area (Å²) in [6.45, 7) is 8.26. The maximum Gasteiger partial charge on any atom is 0.410 e. The quantitative estimate of drug-likeness (QED) is 0.824. The van der Waals surface area contributed by atoms with Gasteiger partial charge in [-0.25, -0.2) is 9.18 Å². The lowest BCUT2D eigenvalue weighted by atomic mass is 10.2. The van der Waals surface area contributed by atoms with E-state index in [4.69, 9.17) is 4.74 Å². The van der Waals surface area contributed by atoms with Crippen molar-refractivity contribution in [2.24, 2.45) is 0 Å². The molecule has 0 heterocycles. The number of rotatable bonds is 3. The summed E-state index contributed by atoms with van der Waals surface area (Å²) in [5, 5.41) is 0. The van der Waals surface area contributed by atoms with Crippen molar-refractivity contribution >= 4 is 22.0 Å². The molecule has 0 aliphatic rings. The second-order valence-corrected chi connectivity index (χ2v) is 6.08. The monoisotopic (exact) mass is 331 g/mol. The van der Waals surface area contributed by atoms with E-state index >= 15 is 0 Å². The van der Waals surface area contributed by atoms with Crippen molar-refractivity contribution in [1.29, 1.82) is 0 Å². The highest BCUT2D eigenvalue weighted by Gasteiger charge is 2.21. The van der Waals surface area contributed by atoms with Gasteiger partial charge in [0.1, 0.15) is 11.4 Å². The molecule has 3 nitrogen and oxygen atoms in total. The number of amides is 1. The van der Waals surface area contributed by atoms with Gasteiger partial charge in [-0.2, -0.15) is 0 Å². The predicted octanol–water partition coefficient (Wildman–Crippen LogP) is 4.35. The maximum atomic E-state index is 13.0. The summed E-state index contributed by atoms with van der Waals surface area (Å²) in [7, 11) is 0. The first-order valence-corrected chi connectivity index (χ1v) is 6.94. The number of carbonyl (C=O) groups excluding carboxylic acids is 1. The average Bonchev–Trinajstić information content (AvgIpc) is 2.25. The SMILES string of the molecule is CCN(Cc1ccc(F)cc1Br)C(=O)OC(C)(C)C. The first kappa shape index (κ1) is 16.0. The van der Waals surface area contributed by atoms with Crippen LogP contribution < -0.4 is 0 Å². The summed E-state index contributed by atoms with van der Waals surface area (Å²) < 4.78 is 19.0. The molecule has 5 heteroatoms. The molecule has 1 aromatic rings. The number of ether oxygens (including phenoxy) is 1. The van der Waals surface area contributed by atoms with Gasteiger partial charge in [0, 0.05) is 11.0 Å². The number of carbonyl (C=O) groups is 1. The fourth-order valence-corrected chi connectivity index (χ4v) is 1.96. The summed E-state index contributed by atoms with van der Waals surface area (Å²) in [5.74, 6) is -0.309. The highest BCUT2D eigenvalue weighted by molar-refractivity contribution is 9.10. The van der Waals surface area contributed by atoms with E-state index in [1.807, 2.05) is 27.7 Å². The zero-order chi connectivity index (χ0) is 14.6. The molecule has 0 aliphatic carbocycles. The van der Waals surface area contributed by atoms with E-state index in [0.717, 1.165) is 5.56 Å². The van der Waals surface area contributed by atoms with Gasteiger partial charge in [-0.1, -0.05) is 22.0 Å². The Balaban J connectivity index is 2.79. The summed E-state index contributed by atoms with van der Waals surface area (Å²) in [5.41, 5.74) is 0.318. The van der Waals surface area contributed by atoms with Crippen molar-refractivity contribution in [3.63, 3.8) is 0 Å². The Hall–Kier alpha value is -1.10. The maximum absolute atomic E-state index is 13.0. The smallest absolute Gasteiger partial charge is 0.410 e. The van der Waals surface area contributed by atoms with Crippen molar-refractivity contribution in [3.05, 3.63) is 34.1 Å². The van der Waals surface area contributed by atoms with Gasteiger partial charge < -0.3 is 9.64 Å². The topological polar surface area (TPSA) is 29.5 Å². The van der Waals surface area contributed by atoms with E-state index in [0.29, 0.717) is 17.6 Å². The molecule has 0 aliphatic heterocycles. The number of benzene rings is 1. The van der Waals surface area contributed by atoms with Crippen molar-refractivity contribution in [3.8, 4) is 0 Å². The summed E-state index contributed by atoms with van der Waals surface area (Å²) >= 11 is 3.30. The van der Waals surface area contributed by atoms with Crippen LogP contribution in [0.25, 0.3) is 0 Å². The highest BCUT2D eigenvalue weighted by Crippen LogP contribution is 2.20. The molecule has 19 heavy (non-hydrogen) atoms. The van der Waals surface area contributed by atoms with Crippen LogP contribution in [0.15, 0.2) is 22.7 Å². The molecule has 0 fully saturated rings. The molecule has 0 spiro atoms. The van der Waals surface area contributed by atoms with Gasteiger partial charge in [-0.3, -0.25) is 0 Å². The van der Waals surface area contributed by atoms with Crippen LogP contribution in [0.5, 0.6) is 0 Å². The third kappa shape index (κ3) is 5.19. The molecule has 0 aromatic heterocycles. The van der Waals surface area contributed by atoms with Crippen LogP contribution in [0.1, 0.15) is 33.3 Å². The van der Waals surface area contributed by atoms with Crippen molar-refractivity contribution in [1.82, 2.24) is 4.90 Å². The molecule has 0 bridgehead atoms. The van der Waals surface area contributed by atoms with Crippen molar-refractivity contribution < 1.29 is 13.9 Å². The fraction of sp³-hybridized carbons (Fsp3) is 0.500. The van der Waals surface area contributed by atoms with E-state index in [-0.39, 0.29) is 11.9 Å². The second-order valence-electron chi connectivity index (χ2n) is 5.23. The largest absolute Gasteiger partial charge is 0.444 e. The van der Waals surface area contributed by atoms with Crippen LogP contribution in [0, 0.1) is 5.82 Å². The van der Waals surface area contributed by atoms with Gasteiger partial charge in [-0.15, -0.1) is 0 Å². The Kier molecular flexibility index (Phi) is 5.35. The predicted molar refractivity (Wildman–Crippen MR) is 76.4 cm³/mol. The lowest BCUT2D eigenvalue weighted by molar-refractivity contribution is 0.0244. The van der Waals surface area contributed by atoms with Gasteiger partial charge in [0.05, 0.1) is 6.54 Å². The molecule has 0 unspecified atom stereocenters. The summed E-state index contributed by atoms with van der Waals surface area (Å²) in [6.07, 6.45) is -0.369. The fourth-order valence-electron chi connectivity index (χ4n) is 1.49. The normalized spacial score (nSPS) is 11.3. The summed E-state index contributed by atoms with van der Waals surface area (Å²) in [4.78, 5) is 13.6. The summed E-state index contributed by atoms with van der Waals surface area (Å²) in [6, 6.07) is 4.42. The lowest BCUT2D eigenvalue weighted by Crippen LogP contribution is -2.36. The Labute approximate surface area is 121 Å². The van der Waals surface area contributed by atoms with E-state index in [1.165, 1.54) is 12.1 Å². The highest BCUT2D eigenvalue weighted by atomic mass is 79.9. The molecule has 0 radical (unpaired) electrons. The molecule has 1 amide bonds. The average molecular weight is 332 g/mol. The van der Waals surface area contributed by atoms with Crippen LogP contribution in [0.2, 0.25) is 0 Å². The Morgan fingerprint density at radius 1 is 1.42 bits per heavy atom. The van der Waals surface area contributed by atoms with Gasteiger partial charge in [-0.05, 0) is 45.4 Å². The third-order valence-corrected chi connectivity index (χ3v) is 3.15. The standard InChI is InChI=1S/C14H19BrFNO2/c1-5-17(13(18)19-14(2,3)4)9-10-6-7-11(16)8-12(10)15/h6-8H,5,9H2,1-4H3. The number of hydrogen-bond donors (Lipinski definition) is 0. The molecule has 106 valence electrons. The number of hydrogen-bond acceptors (Lipinski definition) is 2. The Bertz CT molecular complexity index is 457. The molecular weight excluding hydrogens is 313 g/mol. The first-order valence-electron chi connectivity index (χ1n) is 6.15. The molecule has 0 N–H and O–H groups in total. The third-order valence-electron chi connectivity index (χ3n) is 2.41. The molecule has 0 atom stereocenters. The Morgan fingerprint density at radius 2 is 2.05 bits per heavy atom. The van der Waals surface area contributed by atoms with Crippen LogP contribution in [-0.2, 0) is 11.3 Å². The van der Waals surface area contributed by atoms with Crippen LogP contribution >= 0.6 is 15.9 Å². The van der Waals surface area contributed by atoms with Crippen LogP contribution in [-0.4, -0.2) is 23.1 Å². The van der Waals surface area contributed by atoms with Crippen molar-refractivity contribution in [2.75, 3.05) is 6.54 Å². The van der Waals surface area contributed by atoms with Gasteiger partial charge in [0.15, 0.2) is 0 Å². The lowest BCUT2D eigenvalue weighted by Gasteiger charge is -2.26. The molecule has 0 saturated carbocycles. The van der Waals surface area contributed by atoms with E-state index in [1.54, 1.807) is 11.0 Å². The molecule has 1 aromatic carbocycles. The van der Waals surface area contributed by atoms with E-state index in [2.05, 4.69) is 15.9 Å². The minimum absolute atomic E-state index is 0.309. The van der Waals surface area contributed by atoms with Crippen molar-refractivity contribution in [2.45, 2.75) is 39.8 Å². The number of nitrogens with zero attached hydrogens (tertiary/aromatic N) is 1. The minimum Gasteiger partial charge on any atom is -0.444 e. The number of halogens is 2. The Morgan fingerprint density at radius 3 is 2.53 bits per heavy atom. The minimum atomic E-state index is -0.523. The zero-order valence-electron chi connectivity index (χ0n) is 11.7. The first-order chi connectivity index (χ1) is 8.73. The second kappa shape index (κ2) is 6.37.